The van der Waals surface area contributed by atoms with E-state index in [1.165, 1.54) is 19.2 Å². The van der Waals surface area contributed by atoms with Gasteiger partial charge >= 0.3 is 11.7 Å². The molecule has 1 atom stereocenters. The molecule has 1 fully saturated rings. The Kier molecular flexibility index (Phi) is 7.90. The van der Waals surface area contributed by atoms with E-state index in [1.807, 2.05) is 0 Å². The van der Waals surface area contributed by atoms with Crippen molar-refractivity contribution in [2.75, 3.05) is 33.4 Å². The molecule has 9 heteroatoms. The van der Waals surface area contributed by atoms with Gasteiger partial charge < -0.3 is 14.8 Å². The predicted octanol–water partition coefficient (Wildman–Crippen LogP) is 1.36. The van der Waals surface area contributed by atoms with Crippen LogP contribution in [0.5, 0.6) is 5.75 Å². The first-order valence-corrected chi connectivity index (χ1v) is 7.42. The number of halogens is 1. The van der Waals surface area contributed by atoms with Crippen LogP contribution in [0.25, 0.3) is 0 Å². The molecular formula is C15H22ClN3O5. The van der Waals surface area contributed by atoms with Crippen LogP contribution in [-0.4, -0.2) is 55.2 Å². The minimum absolute atomic E-state index is 0. The van der Waals surface area contributed by atoms with Crippen LogP contribution in [0.15, 0.2) is 18.2 Å². The molecular weight excluding hydrogens is 338 g/mol. The molecule has 24 heavy (non-hydrogen) atoms. The van der Waals surface area contributed by atoms with Gasteiger partial charge in [-0.2, -0.15) is 0 Å². The lowest BCUT2D eigenvalue weighted by Gasteiger charge is -2.31. The molecule has 1 heterocycles. The highest BCUT2D eigenvalue weighted by molar-refractivity contribution is 5.85. The largest absolute Gasteiger partial charge is 0.475 e. The SMILES string of the molecule is COC(=O)COc1ccc(CN2CCN[C@@H](C)C2)cc1[N+](=O)[O-].Cl. The number of nitrogens with zero attached hydrogens (tertiary/aromatic N) is 2. The Morgan fingerprint density at radius 2 is 2.25 bits per heavy atom. The van der Waals surface area contributed by atoms with Crippen molar-refractivity contribution in [2.24, 2.45) is 0 Å². The Morgan fingerprint density at radius 1 is 1.50 bits per heavy atom. The fraction of sp³-hybridized carbons (Fsp3) is 0.533. The Bertz CT molecular complexity index is 584. The summed E-state index contributed by atoms with van der Waals surface area (Å²) in [5.41, 5.74) is 0.700. The maximum absolute atomic E-state index is 11.2. The van der Waals surface area contributed by atoms with Crippen molar-refractivity contribution in [2.45, 2.75) is 19.5 Å². The number of methoxy groups -OCH3 is 1. The number of hydrogen-bond donors (Lipinski definition) is 1. The number of hydrogen-bond acceptors (Lipinski definition) is 7. The second-order valence-electron chi connectivity index (χ2n) is 5.51. The first-order chi connectivity index (χ1) is 11.0. The van der Waals surface area contributed by atoms with E-state index in [4.69, 9.17) is 4.74 Å². The van der Waals surface area contributed by atoms with Gasteiger partial charge in [0.15, 0.2) is 12.4 Å². The topological polar surface area (TPSA) is 93.9 Å². The molecule has 0 saturated carbocycles. The summed E-state index contributed by atoms with van der Waals surface area (Å²) in [6.45, 7) is 5.10. The van der Waals surface area contributed by atoms with Gasteiger partial charge in [-0.15, -0.1) is 12.4 Å². The lowest BCUT2D eigenvalue weighted by atomic mass is 10.1. The quantitative estimate of drug-likeness (QED) is 0.465. The number of nitrogens with one attached hydrogen (secondary N) is 1. The molecule has 1 aromatic carbocycles. The predicted molar refractivity (Wildman–Crippen MR) is 90.6 cm³/mol. The molecule has 2 rings (SSSR count). The van der Waals surface area contributed by atoms with E-state index in [9.17, 15) is 14.9 Å². The fourth-order valence-corrected chi connectivity index (χ4v) is 2.54. The van der Waals surface area contributed by atoms with E-state index < -0.39 is 10.9 Å². The second-order valence-corrected chi connectivity index (χ2v) is 5.51. The smallest absolute Gasteiger partial charge is 0.343 e. The lowest BCUT2D eigenvalue weighted by Crippen LogP contribution is -2.48. The van der Waals surface area contributed by atoms with Gasteiger partial charge in [0.05, 0.1) is 12.0 Å². The standard InChI is InChI=1S/C15H21N3O5.ClH/c1-11-8-17(6-5-16-11)9-12-3-4-14(13(7-12)18(20)21)23-10-15(19)22-2;/h3-4,7,11,16H,5-6,8-10H2,1-2H3;1H/t11-;/m0./s1. The number of ether oxygens (including phenoxy) is 2. The Labute approximate surface area is 146 Å². The summed E-state index contributed by atoms with van der Waals surface area (Å²) in [5.74, 6) is -0.518. The first-order valence-electron chi connectivity index (χ1n) is 7.42. The van der Waals surface area contributed by atoms with Crippen molar-refractivity contribution in [1.82, 2.24) is 10.2 Å². The van der Waals surface area contributed by atoms with Gasteiger partial charge in [0.1, 0.15) is 0 Å². The van der Waals surface area contributed by atoms with Gasteiger partial charge in [0.2, 0.25) is 0 Å². The highest BCUT2D eigenvalue weighted by Crippen LogP contribution is 2.28. The third-order valence-electron chi connectivity index (χ3n) is 3.65. The van der Waals surface area contributed by atoms with Crippen molar-refractivity contribution in [3.8, 4) is 5.75 Å². The Hall–Kier alpha value is -1.90. The number of carbonyl (C=O) groups is 1. The molecule has 1 aliphatic rings. The summed E-state index contributed by atoms with van der Waals surface area (Å²) in [4.78, 5) is 24.1. The molecule has 1 N–H and O–H groups in total. The number of piperazine rings is 1. The molecule has 0 spiro atoms. The summed E-state index contributed by atoms with van der Waals surface area (Å²) in [6, 6.07) is 5.22. The first kappa shape index (κ1) is 20.1. The van der Waals surface area contributed by atoms with Crippen molar-refractivity contribution in [3.05, 3.63) is 33.9 Å². The highest BCUT2D eigenvalue weighted by atomic mass is 35.5. The normalized spacial score (nSPS) is 17.7. The molecule has 134 valence electrons. The molecule has 1 saturated heterocycles. The van der Waals surface area contributed by atoms with Gasteiger partial charge in [0.25, 0.3) is 0 Å². The van der Waals surface area contributed by atoms with Crippen molar-refractivity contribution in [3.63, 3.8) is 0 Å². The van der Waals surface area contributed by atoms with Crippen LogP contribution in [0.2, 0.25) is 0 Å². The van der Waals surface area contributed by atoms with Crippen molar-refractivity contribution < 1.29 is 19.2 Å². The van der Waals surface area contributed by atoms with Gasteiger partial charge in [-0.05, 0) is 18.6 Å². The zero-order valence-electron chi connectivity index (χ0n) is 13.7. The highest BCUT2D eigenvalue weighted by Gasteiger charge is 2.20. The van der Waals surface area contributed by atoms with Crippen LogP contribution in [0.1, 0.15) is 12.5 Å². The number of carbonyl (C=O) groups excluding carboxylic acids is 1. The van der Waals surface area contributed by atoms with Gasteiger partial charge in [-0.3, -0.25) is 15.0 Å². The molecule has 8 nitrogen and oxygen atoms in total. The maximum atomic E-state index is 11.2. The summed E-state index contributed by atoms with van der Waals surface area (Å²) in [7, 11) is 1.23. The van der Waals surface area contributed by atoms with E-state index in [2.05, 4.69) is 21.9 Å². The monoisotopic (exact) mass is 359 g/mol. The summed E-state index contributed by atoms with van der Waals surface area (Å²) in [5, 5.41) is 14.6. The molecule has 0 amide bonds. The molecule has 1 aromatic rings. The zero-order chi connectivity index (χ0) is 16.8. The minimum Gasteiger partial charge on any atom is -0.475 e. The number of esters is 1. The maximum Gasteiger partial charge on any atom is 0.343 e. The lowest BCUT2D eigenvalue weighted by molar-refractivity contribution is -0.385. The summed E-state index contributed by atoms with van der Waals surface area (Å²) in [6.07, 6.45) is 0. The molecule has 0 aromatic heterocycles. The van der Waals surface area contributed by atoms with E-state index in [0.717, 1.165) is 25.2 Å². The third kappa shape index (κ3) is 5.63. The van der Waals surface area contributed by atoms with Crippen LogP contribution in [-0.2, 0) is 16.1 Å². The molecule has 0 aliphatic carbocycles. The minimum atomic E-state index is -0.585. The molecule has 0 unspecified atom stereocenters. The Balaban J connectivity index is 0.00000288. The van der Waals surface area contributed by atoms with Crippen LogP contribution in [0.4, 0.5) is 5.69 Å². The zero-order valence-corrected chi connectivity index (χ0v) is 14.5. The fourth-order valence-electron chi connectivity index (χ4n) is 2.54. The molecule has 0 radical (unpaired) electrons. The average Bonchev–Trinajstić information content (AvgIpc) is 2.53. The number of nitro groups is 1. The van der Waals surface area contributed by atoms with Crippen LogP contribution in [0, 0.1) is 10.1 Å². The number of benzene rings is 1. The van der Waals surface area contributed by atoms with E-state index >= 15 is 0 Å². The number of rotatable bonds is 6. The molecule has 1 aliphatic heterocycles. The van der Waals surface area contributed by atoms with Crippen LogP contribution in [0.3, 0.4) is 0 Å². The average molecular weight is 360 g/mol. The summed E-state index contributed by atoms with van der Waals surface area (Å²) < 4.78 is 9.63. The van der Waals surface area contributed by atoms with E-state index in [0.29, 0.717) is 12.6 Å². The molecule has 0 bridgehead atoms. The van der Waals surface area contributed by atoms with Gasteiger partial charge in [0, 0.05) is 38.3 Å². The number of nitro benzene ring substituents is 1. The second kappa shape index (κ2) is 9.41. The van der Waals surface area contributed by atoms with Crippen LogP contribution >= 0.6 is 12.4 Å². The van der Waals surface area contributed by atoms with Crippen LogP contribution < -0.4 is 10.1 Å². The van der Waals surface area contributed by atoms with Crippen molar-refractivity contribution in [1.29, 1.82) is 0 Å². The van der Waals surface area contributed by atoms with Gasteiger partial charge in [-0.25, -0.2) is 4.79 Å². The van der Waals surface area contributed by atoms with Gasteiger partial charge in [-0.1, -0.05) is 6.07 Å². The Morgan fingerprint density at radius 3 is 2.88 bits per heavy atom. The van der Waals surface area contributed by atoms with E-state index in [1.54, 1.807) is 6.07 Å². The van der Waals surface area contributed by atoms with Crippen molar-refractivity contribution >= 4 is 24.1 Å². The summed E-state index contributed by atoms with van der Waals surface area (Å²) >= 11 is 0. The van der Waals surface area contributed by atoms with E-state index in [-0.39, 0.29) is 30.5 Å². The third-order valence-corrected chi connectivity index (χ3v) is 3.65.